The monoisotopic (exact) mass is 121 g/mol. The molecule has 0 heterocycles. The zero-order valence-electron chi connectivity index (χ0n) is 3.94. The summed E-state index contributed by atoms with van der Waals surface area (Å²) in [6, 6.07) is 0. The van der Waals surface area contributed by atoms with Crippen LogP contribution in [-0.4, -0.2) is 11.5 Å². The van der Waals surface area contributed by atoms with E-state index in [2.05, 4.69) is 13.8 Å². The lowest BCUT2D eigenvalue weighted by Crippen LogP contribution is -1.59. The van der Waals surface area contributed by atoms with E-state index in [9.17, 15) is 0 Å². The Balaban J connectivity index is 2.34. The van der Waals surface area contributed by atoms with Crippen LogP contribution in [0.15, 0.2) is 0 Å². The van der Waals surface area contributed by atoms with Gasteiger partial charge in [0.1, 0.15) is 0 Å². The highest BCUT2D eigenvalue weighted by Gasteiger charge is 1.75. The lowest BCUT2D eigenvalue weighted by molar-refractivity contribution is 1.54. The van der Waals surface area contributed by atoms with Crippen LogP contribution in [0.4, 0.5) is 0 Å². The van der Waals surface area contributed by atoms with Crippen LogP contribution in [0, 0.1) is 6.92 Å². The topological polar surface area (TPSA) is 0 Å². The predicted octanol–water partition coefficient (Wildman–Crippen LogP) is 2.22. The normalized spacial score (nSPS) is 9.00. The average molecular weight is 121 g/mol. The van der Waals surface area contributed by atoms with Crippen molar-refractivity contribution in [1.82, 2.24) is 0 Å². The average Bonchev–Trinajstić information content (AvgIpc) is 1.61. The van der Waals surface area contributed by atoms with Gasteiger partial charge in [0.05, 0.1) is 0 Å². The molecule has 1 radical (unpaired) electrons. The molecule has 0 unspecified atom stereocenters. The van der Waals surface area contributed by atoms with Gasteiger partial charge in [-0.3, -0.25) is 0 Å². The van der Waals surface area contributed by atoms with Crippen molar-refractivity contribution in [3.05, 3.63) is 6.92 Å². The van der Waals surface area contributed by atoms with E-state index in [4.69, 9.17) is 0 Å². The fraction of sp³-hybridized carbons (Fsp3) is 0.750. The first-order valence-corrected chi connectivity index (χ1v) is 4.44. The SMILES string of the molecule is [CH2]CSSCC. The minimum Gasteiger partial charge on any atom is -0.0944 e. The van der Waals surface area contributed by atoms with Crippen LogP contribution in [0.3, 0.4) is 0 Å². The standard InChI is InChI=1S/C4H9S2/c1-3-5-6-4-2/h1,3-4H2,2H3. The summed E-state index contributed by atoms with van der Waals surface area (Å²) < 4.78 is 0. The molecule has 0 aliphatic heterocycles. The van der Waals surface area contributed by atoms with Crippen molar-refractivity contribution in [2.24, 2.45) is 0 Å². The zero-order chi connectivity index (χ0) is 4.83. The number of hydrogen-bond acceptors (Lipinski definition) is 2. The Morgan fingerprint density at radius 2 is 2.17 bits per heavy atom. The third kappa shape index (κ3) is 4.70. The summed E-state index contributed by atoms with van der Waals surface area (Å²) in [5, 5.41) is 0. The molecule has 6 heavy (non-hydrogen) atoms. The summed E-state index contributed by atoms with van der Waals surface area (Å²) >= 11 is 0. The molecule has 0 spiro atoms. The second kappa shape index (κ2) is 5.70. The molecule has 0 aliphatic rings. The van der Waals surface area contributed by atoms with Crippen molar-refractivity contribution in [2.45, 2.75) is 6.92 Å². The summed E-state index contributed by atoms with van der Waals surface area (Å²) in [5.41, 5.74) is 0. The smallest absolute Gasteiger partial charge is 0.00372 e. The van der Waals surface area contributed by atoms with Crippen LogP contribution in [0.1, 0.15) is 6.92 Å². The van der Waals surface area contributed by atoms with E-state index in [0.29, 0.717) is 0 Å². The molecule has 0 rings (SSSR count). The van der Waals surface area contributed by atoms with Crippen molar-refractivity contribution < 1.29 is 0 Å². The third-order valence-electron chi connectivity index (χ3n) is 0.285. The molecule has 0 aromatic carbocycles. The van der Waals surface area contributed by atoms with E-state index in [-0.39, 0.29) is 0 Å². The number of rotatable bonds is 3. The summed E-state index contributed by atoms with van der Waals surface area (Å²) in [5.74, 6) is 2.18. The van der Waals surface area contributed by atoms with E-state index in [1.807, 2.05) is 21.6 Å². The van der Waals surface area contributed by atoms with Crippen LogP contribution < -0.4 is 0 Å². The highest BCUT2D eigenvalue weighted by atomic mass is 33.1. The van der Waals surface area contributed by atoms with Crippen molar-refractivity contribution >= 4 is 21.6 Å². The van der Waals surface area contributed by atoms with Crippen molar-refractivity contribution in [2.75, 3.05) is 11.5 Å². The highest BCUT2D eigenvalue weighted by Crippen LogP contribution is 2.18. The summed E-state index contributed by atoms with van der Waals surface area (Å²) in [7, 11) is 3.68. The molecule has 2 heteroatoms. The molecule has 0 aromatic heterocycles. The highest BCUT2D eigenvalue weighted by molar-refractivity contribution is 8.76. The molecule has 0 saturated heterocycles. The first-order valence-electron chi connectivity index (χ1n) is 1.95. The fourth-order valence-electron chi connectivity index (χ4n) is 0.142. The Morgan fingerprint density at radius 1 is 1.50 bits per heavy atom. The van der Waals surface area contributed by atoms with Crippen molar-refractivity contribution in [3.8, 4) is 0 Å². The maximum Gasteiger partial charge on any atom is 0.00372 e. The van der Waals surface area contributed by atoms with Gasteiger partial charge in [0.25, 0.3) is 0 Å². The molecule has 0 N–H and O–H groups in total. The van der Waals surface area contributed by atoms with Gasteiger partial charge in [-0.2, -0.15) is 0 Å². The van der Waals surface area contributed by atoms with Crippen LogP contribution in [0.25, 0.3) is 0 Å². The molecule has 0 aromatic rings. The molecule has 0 saturated carbocycles. The largest absolute Gasteiger partial charge is 0.0944 e. The molecule has 0 nitrogen and oxygen atoms in total. The Labute approximate surface area is 47.5 Å². The maximum atomic E-state index is 3.67. The molecule has 0 atom stereocenters. The van der Waals surface area contributed by atoms with Crippen molar-refractivity contribution in [1.29, 1.82) is 0 Å². The Bertz CT molecular complexity index is 17.5. The van der Waals surface area contributed by atoms with Gasteiger partial charge in [-0.05, 0) is 6.92 Å². The Kier molecular flexibility index (Phi) is 6.36. The van der Waals surface area contributed by atoms with Gasteiger partial charge in [-0.1, -0.05) is 28.5 Å². The Morgan fingerprint density at radius 3 is 2.33 bits per heavy atom. The predicted molar refractivity (Wildman–Crippen MR) is 35.9 cm³/mol. The minimum atomic E-state index is 0.985. The summed E-state index contributed by atoms with van der Waals surface area (Å²) in [6.07, 6.45) is 0. The molecule has 37 valence electrons. The van der Waals surface area contributed by atoms with E-state index in [0.717, 1.165) is 5.75 Å². The van der Waals surface area contributed by atoms with E-state index in [1.165, 1.54) is 5.75 Å². The van der Waals surface area contributed by atoms with Crippen LogP contribution >= 0.6 is 21.6 Å². The van der Waals surface area contributed by atoms with Gasteiger partial charge < -0.3 is 0 Å². The van der Waals surface area contributed by atoms with E-state index in [1.54, 1.807) is 0 Å². The molecular formula is C4H9S2. The quantitative estimate of drug-likeness (QED) is 0.415. The molecule has 0 bridgehead atoms. The Hall–Kier alpha value is 0.700. The lowest BCUT2D eigenvalue weighted by atomic mass is 11.0. The molecule has 0 amide bonds. The van der Waals surface area contributed by atoms with Crippen LogP contribution in [-0.2, 0) is 0 Å². The van der Waals surface area contributed by atoms with Crippen molar-refractivity contribution in [3.63, 3.8) is 0 Å². The number of hydrogen-bond donors (Lipinski definition) is 0. The molecular weight excluding hydrogens is 112 g/mol. The van der Waals surface area contributed by atoms with Gasteiger partial charge in [0, 0.05) is 11.5 Å². The second-order valence-electron chi connectivity index (χ2n) is 0.729. The van der Waals surface area contributed by atoms with Crippen LogP contribution in [0.2, 0.25) is 0 Å². The van der Waals surface area contributed by atoms with Gasteiger partial charge in [-0.25, -0.2) is 0 Å². The summed E-state index contributed by atoms with van der Waals surface area (Å²) in [6.45, 7) is 5.81. The molecule has 0 fully saturated rings. The third-order valence-corrected chi connectivity index (χ3v) is 2.56. The van der Waals surface area contributed by atoms with Gasteiger partial charge in [0.15, 0.2) is 0 Å². The van der Waals surface area contributed by atoms with Crippen LogP contribution in [0.5, 0.6) is 0 Å². The van der Waals surface area contributed by atoms with Gasteiger partial charge in [0.2, 0.25) is 0 Å². The second-order valence-corrected chi connectivity index (χ2v) is 3.60. The lowest BCUT2D eigenvalue weighted by Gasteiger charge is -1.86. The first kappa shape index (κ1) is 6.70. The first-order chi connectivity index (χ1) is 2.91. The zero-order valence-corrected chi connectivity index (χ0v) is 5.57. The van der Waals surface area contributed by atoms with Gasteiger partial charge >= 0.3 is 0 Å². The molecule has 0 aliphatic carbocycles. The van der Waals surface area contributed by atoms with E-state index >= 15 is 0 Å². The summed E-state index contributed by atoms with van der Waals surface area (Å²) in [4.78, 5) is 0. The fourth-order valence-corrected chi connectivity index (χ4v) is 1.28. The van der Waals surface area contributed by atoms with Gasteiger partial charge in [-0.15, -0.1) is 0 Å². The van der Waals surface area contributed by atoms with E-state index < -0.39 is 0 Å². The minimum absolute atomic E-state index is 0.985. The maximum absolute atomic E-state index is 3.67.